The molecule has 1 aromatic carbocycles. The fraction of sp³-hybridized carbons (Fsp3) is 0.579. The molecule has 2 saturated heterocycles. The fourth-order valence-electron chi connectivity index (χ4n) is 3.22. The molecular weight excluding hydrogens is 372 g/mol. The van der Waals surface area contributed by atoms with Crippen LogP contribution in [0.2, 0.25) is 0 Å². The van der Waals surface area contributed by atoms with Gasteiger partial charge in [0.05, 0.1) is 0 Å². The topological polar surface area (TPSA) is 80.3 Å². The van der Waals surface area contributed by atoms with Crippen molar-refractivity contribution in [2.45, 2.75) is 68.2 Å². The van der Waals surface area contributed by atoms with Crippen molar-refractivity contribution in [1.82, 2.24) is 0 Å². The number of thioether (sulfide) groups is 1. The van der Waals surface area contributed by atoms with Crippen LogP contribution in [0.3, 0.4) is 0 Å². The molecule has 0 radical (unpaired) electrons. The summed E-state index contributed by atoms with van der Waals surface area (Å²) in [5, 5.41) is 0. The molecule has 148 valence electrons. The Kier molecular flexibility index (Phi) is 6.10. The van der Waals surface area contributed by atoms with E-state index >= 15 is 0 Å². The van der Waals surface area contributed by atoms with E-state index in [4.69, 9.17) is 23.7 Å². The second-order valence-corrected chi connectivity index (χ2v) is 8.09. The minimum Gasteiger partial charge on any atom is -0.463 e. The van der Waals surface area contributed by atoms with Crippen molar-refractivity contribution in [2.75, 3.05) is 6.61 Å². The summed E-state index contributed by atoms with van der Waals surface area (Å²) in [5.74, 6) is -1.74. The molecule has 2 aliphatic rings. The number of carbonyl (C=O) groups is 2. The van der Waals surface area contributed by atoms with Crippen molar-refractivity contribution in [3.8, 4) is 0 Å². The Bertz CT molecular complexity index is 678. The van der Waals surface area contributed by atoms with Gasteiger partial charge in [0.15, 0.2) is 11.9 Å². The molecule has 2 heterocycles. The monoisotopic (exact) mass is 396 g/mol. The molecule has 27 heavy (non-hydrogen) atoms. The Labute approximate surface area is 162 Å². The number of ether oxygens (including phenoxy) is 5. The van der Waals surface area contributed by atoms with Crippen LogP contribution in [0.4, 0.5) is 0 Å². The third kappa shape index (κ3) is 5.01. The normalized spacial score (nSPS) is 31.8. The maximum absolute atomic E-state index is 11.6. The quantitative estimate of drug-likeness (QED) is 0.703. The Morgan fingerprint density at radius 2 is 1.74 bits per heavy atom. The van der Waals surface area contributed by atoms with E-state index in [1.54, 1.807) is 0 Å². The molecule has 1 aromatic rings. The van der Waals surface area contributed by atoms with E-state index < -0.39 is 47.6 Å². The molecule has 8 heteroatoms. The molecule has 0 spiro atoms. The fourth-order valence-corrected chi connectivity index (χ4v) is 4.34. The first-order valence-corrected chi connectivity index (χ1v) is 9.66. The molecular formula is C19H24O7S. The van der Waals surface area contributed by atoms with Gasteiger partial charge < -0.3 is 23.7 Å². The van der Waals surface area contributed by atoms with Crippen molar-refractivity contribution in [2.24, 2.45) is 0 Å². The van der Waals surface area contributed by atoms with Crippen LogP contribution in [0.5, 0.6) is 0 Å². The minimum absolute atomic E-state index is 0.0356. The zero-order valence-electron chi connectivity index (χ0n) is 15.7. The highest BCUT2D eigenvalue weighted by Crippen LogP contribution is 2.43. The zero-order chi connectivity index (χ0) is 19.6. The van der Waals surface area contributed by atoms with Gasteiger partial charge in [0.1, 0.15) is 30.4 Å². The van der Waals surface area contributed by atoms with E-state index in [9.17, 15) is 9.59 Å². The van der Waals surface area contributed by atoms with Crippen LogP contribution in [0.15, 0.2) is 35.2 Å². The number of hydrogen-bond acceptors (Lipinski definition) is 8. The van der Waals surface area contributed by atoms with Crippen molar-refractivity contribution in [3.63, 3.8) is 0 Å². The Morgan fingerprint density at radius 1 is 1.07 bits per heavy atom. The largest absolute Gasteiger partial charge is 0.463 e. The molecule has 0 saturated carbocycles. The number of carbonyl (C=O) groups excluding carboxylic acids is 2. The summed E-state index contributed by atoms with van der Waals surface area (Å²) >= 11 is 1.49. The highest BCUT2D eigenvalue weighted by molar-refractivity contribution is 7.99. The average molecular weight is 396 g/mol. The van der Waals surface area contributed by atoms with E-state index in [1.165, 1.54) is 25.6 Å². The van der Waals surface area contributed by atoms with Gasteiger partial charge in [0, 0.05) is 18.7 Å². The van der Waals surface area contributed by atoms with Crippen LogP contribution in [0.25, 0.3) is 0 Å². The predicted octanol–water partition coefficient (Wildman–Crippen LogP) is 2.52. The van der Waals surface area contributed by atoms with Crippen LogP contribution >= 0.6 is 11.8 Å². The van der Waals surface area contributed by atoms with Gasteiger partial charge in [-0.3, -0.25) is 9.59 Å². The highest BCUT2D eigenvalue weighted by atomic mass is 32.2. The average Bonchev–Trinajstić information content (AvgIpc) is 2.92. The van der Waals surface area contributed by atoms with Crippen molar-refractivity contribution in [1.29, 1.82) is 0 Å². The molecule has 2 fully saturated rings. The van der Waals surface area contributed by atoms with E-state index in [0.717, 1.165) is 4.90 Å². The molecule has 0 aromatic heterocycles. The van der Waals surface area contributed by atoms with Crippen LogP contribution in [0, 0.1) is 0 Å². The lowest BCUT2D eigenvalue weighted by Gasteiger charge is -2.41. The molecule has 0 N–H and O–H groups in total. The first-order chi connectivity index (χ1) is 12.7. The van der Waals surface area contributed by atoms with Crippen molar-refractivity contribution < 1.29 is 33.3 Å². The summed E-state index contributed by atoms with van der Waals surface area (Å²) in [4.78, 5) is 23.9. The van der Waals surface area contributed by atoms with Crippen LogP contribution in [-0.4, -0.2) is 54.2 Å². The number of benzene rings is 1. The number of esters is 2. The van der Waals surface area contributed by atoms with Crippen LogP contribution in [0.1, 0.15) is 27.7 Å². The first kappa shape index (κ1) is 20.1. The molecule has 0 bridgehead atoms. The molecule has 0 aliphatic carbocycles. The molecule has 3 rings (SSSR count). The van der Waals surface area contributed by atoms with Gasteiger partial charge in [-0.1, -0.05) is 30.0 Å². The molecule has 0 amide bonds. The van der Waals surface area contributed by atoms with Crippen molar-refractivity contribution in [3.05, 3.63) is 30.3 Å². The summed E-state index contributed by atoms with van der Waals surface area (Å²) < 4.78 is 28.9. The maximum Gasteiger partial charge on any atom is 0.303 e. The van der Waals surface area contributed by atoms with Gasteiger partial charge in [0.25, 0.3) is 0 Å². The Hall–Kier alpha value is -1.61. The third-order valence-electron chi connectivity index (χ3n) is 4.18. The summed E-state index contributed by atoms with van der Waals surface area (Å²) in [6.45, 7) is 6.22. The minimum atomic E-state index is -0.844. The Morgan fingerprint density at radius 3 is 2.37 bits per heavy atom. The maximum atomic E-state index is 11.6. The highest BCUT2D eigenvalue weighted by Gasteiger charge is 2.57. The molecule has 5 atom stereocenters. The van der Waals surface area contributed by atoms with Gasteiger partial charge >= 0.3 is 11.9 Å². The summed E-state index contributed by atoms with van der Waals surface area (Å²) in [5.41, 5.74) is -0.411. The lowest BCUT2D eigenvalue weighted by molar-refractivity contribution is -0.202. The Balaban J connectivity index is 1.86. The molecule has 2 aliphatic heterocycles. The second-order valence-electron chi connectivity index (χ2n) is 6.92. The molecule has 7 nitrogen and oxygen atoms in total. The summed E-state index contributed by atoms with van der Waals surface area (Å²) in [6, 6.07) is 9.77. The zero-order valence-corrected chi connectivity index (χ0v) is 16.6. The standard InChI is InChI=1S/C19H24O7S/c1-11(20)22-10-14-15(23-12(2)21)16-17(26-19(3,4)25-16)18(24-14)27-13-8-6-5-7-9-13/h5-9,14-18H,10H2,1-4H3/t14?,15-,16?,17?,18-/m1/s1. The van der Waals surface area contributed by atoms with Gasteiger partial charge in [-0.25, -0.2) is 0 Å². The first-order valence-electron chi connectivity index (χ1n) is 8.78. The summed E-state index contributed by atoms with van der Waals surface area (Å²) in [6.07, 6.45) is -2.36. The summed E-state index contributed by atoms with van der Waals surface area (Å²) in [7, 11) is 0. The third-order valence-corrected chi connectivity index (χ3v) is 5.34. The second kappa shape index (κ2) is 8.18. The van der Waals surface area contributed by atoms with E-state index in [1.807, 2.05) is 44.2 Å². The SMILES string of the molecule is CC(=O)OCC1O[C@H](Sc2ccccc2)C2OC(C)(C)OC2[C@@H]1OC(C)=O. The van der Waals surface area contributed by atoms with Gasteiger partial charge in [0.2, 0.25) is 0 Å². The lowest BCUT2D eigenvalue weighted by atomic mass is 10.00. The smallest absolute Gasteiger partial charge is 0.303 e. The predicted molar refractivity (Wildman–Crippen MR) is 97.0 cm³/mol. The number of fused-ring (bicyclic) bond motifs is 1. The van der Waals surface area contributed by atoms with Crippen molar-refractivity contribution >= 4 is 23.7 Å². The van der Waals surface area contributed by atoms with E-state index in [-0.39, 0.29) is 6.61 Å². The van der Waals surface area contributed by atoms with Crippen LogP contribution in [-0.2, 0) is 33.3 Å². The number of hydrogen-bond donors (Lipinski definition) is 0. The van der Waals surface area contributed by atoms with Gasteiger partial charge in [-0.05, 0) is 26.0 Å². The van der Waals surface area contributed by atoms with E-state index in [2.05, 4.69) is 0 Å². The lowest BCUT2D eigenvalue weighted by Crippen LogP contribution is -2.58. The molecule has 3 unspecified atom stereocenters. The van der Waals surface area contributed by atoms with Crippen LogP contribution < -0.4 is 0 Å². The van der Waals surface area contributed by atoms with Gasteiger partial charge in [-0.2, -0.15) is 0 Å². The van der Waals surface area contributed by atoms with Gasteiger partial charge in [-0.15, -0.1) is 0 Å². The number of rotatable bonds is 5. The van der Waals surface area contributed by atoms with E-state index in [0.29, 0.717) is 0 Å².